The maximum Gasteiger partial charge on any atom is 0.303 e. The molecule has 1 amide bonds. The van der Waals surface area contributed by atoms with Crippen LogP contribution in [0.1, 0.15) is 45.4 Å². The molecule has 0 aromatic heterocycles. The van der Waals surface area contributed by atoms with Gasteiger partial charge in [0.05, 0.1) is 0 Å². The molecule has 4 N–H and O–H groups in total. The number of hydrogen-bond acceptors (Lipinski definition) is 3. The summed E-state index contributed by atoms with van der Waals surface area (Å²) in [6.07, 6.45) is 4.20. The molecule has 0 aliphatic heterocycles. The zero-order chi connectivity index (χ0) is 12.8. The zero-order valence-electron chi connectivity index (χ0n) is 10.3. The first kappa shape index (κ1) is 14.0. The molecule has 1 fully saturated rings. The lowest BCUT2D eigenvalue weighted by molar-refractivity contribution is -0.137. The van der Waals surface area contributed by atoms with Crippen molar-refractivity contribution in [2.75, 3.05) is 0 Å². The summed E-state index contributed by atoms with van der Waals surface area (Å²) in [5.41, 5.74) is 5.83. The summed E-state index contributed by atoms with van der Waals surface area (Å²) in [4.78, 5) is 22.3. The number of hydrogen-bond donors (Lipinski definition) is 3. The Bertz CT molecular complexity index is 281. The number of carboxylic acid groups (broad SMARTS) is 1. The molecular formula is C12H22N2O3. The molecule has 3 atom stereocenters. The van der Waals surface area contributed by atoms with Crippen LogP contribution >= 0.6 is 0 Å². The first-order valence-electron chi connectivity index (χ1n) is 6.26. The number of carbonyl (C=O) groups is 2. The van der Waals surface area contributed by atoms with E-state index in [4.69, 9.17) is 10.8 Å². The Labute approximate surface area is 102 Å². The van der Waals surface area contributed by atoms with Gasteiger partial charge >= 0.3 is 5.97 Å². The molecule has 17 heavy (non-hydrogen) atoms. The van der Waals surface area contributed by atoms with Gasteiger partial charge in [0.15, 0.2) is 0 Å². The summed E-state index contributed by atoms with van der Waals surface area (Å²) in [5.74, 6) is -0.796. The fraction of sp³-hybridized carbons (Fsp3) is 0.833. The highest BCUT2D eigenvalue weighted by Crippen LogP contribution is 2.23. The standard InChI is InChI=1S/C12H22N2O3/c1-8(5-6-11(15)16)14-12(17)9-3-2-4-10(13)7-9/h8-10H,2-7,13H2,1H3,(H,14,17)(H,15,16). The topological polar surface area (TPSA) is 92.4 Å². The summed E-state index contributed by atoms with van der Waals surface area (Å²) in [7, 11) is 0. The monoisotopic (exact) mass is 242 g/mol. The van der Waals surface area contributed by atoms with Crippen LogP contribution < -0.4 is 11.1 Å². The minimum Gasteiger partial charge on any atom is -0.481 e. The van der Waals surface area contributed by atoms with Gasteiger partial charge in [0.2, 0.25) is 5.91 Å². The van der Waals surface area contributed by atoms with Crippen LogP contribution in [-0.2, 0) is 9.59 Å². The van der Waals surface area contributed by atoms with Crippen LogP contribution in [0.4, 0.5) is 0 Å². The lowest BCUT2D eigenvalue weighted by Gasteiger charge is -2.27. The molecule has 3 unspecified atom stereocenters. The molecule has 1 saturated carbocycles. The van der Waals surface area contributed by atoms with Gasteiger partial charge in [-0.2, -0.15) is 0 Å². The lowest BCUT2D eigenvalue weighted by Crippen LogP contribution is -2.41. The van der Waals surface area contributed by atoms with E-state index in [0.717, 1.165) is 25.7 Å². The molecule has 98 valence electrons. The van der Waals surface area contributed by atoms with E-state index in [1.165, 1.54) is 0 Å². The molecule has 0 radical (unpaired) electrons. The van der Waals surface area contributed by atoms with E-state index < -0.39 is 5.97 Å². The zero-order valence-corrected chi connectivity index (χ0v) is 10.3. The molecule has 0 spiro atoms. The Morgan fingerprint density at radius 2 is 2.18 bits per heavy atom. The predicted octanol–water partition coefficient (Wildman–Crippen LogP) is 0.873. The van der Waals surface area contributed by atoms with Gasteiger partial charge in [-0.1, -0.05) is 6.42 Å². The van der Waals surface area contributed by atoms with Gasteiger partial charge in [0.1, 0.15) is 0 Å². The Balaban J connectivity index is 2.29. The maximum atomic E-state index is 11.9. The number of rotatable bonds is 5. The number of carbonyl (C=O) groups excluding carboxylic acids is 1. The van der Waals surface area contributed by atoms with E-state index in [-0.39, 0.29) is 30.3 Å². The number of nitrogens with two attached hydrogens (primary N) is 1. The van der Waals surface area contributed by atoms with E-state index >= 15 is 0 Å². The van der Waals surface area contributed by atoms with E-state index in [1.807, 2.05) is 6.92 Å². The van der Waals surface area contributed by atoms with Crippen molar-refractivity contribution in [2.45, 2.75) is 57.5 Å². The molecule has 0 heterocycles. The third kappa shape index (κ3) is 5.17. The Morgan fingerprint density at radius 3 is 2.76 bits per heavy atom. The quantitative estimate of drug-likeness (QED) is 0.667. The van der Waals surface area contributed by atoms with Gasteiger partial charge in [0.25, 0.3) is 0 Å². The van der Waals surface area contributed by atoms with Gasteiger partial charge in [-0.15, -0.1) is 0 Å². The summed E-state index contributed by atoms with van der Waals surface area (Å²) in [6.45, 7) is 1.84. The average molecular weight is 242 g/mol. The van der Waals surface area contributed by atoms with Gasteiger partial charge in [-0.3, -0.25) is 9.59 Å². The predicted molar refractivity (Wildman–Crippen MR) is 64.4 cm³/mol. The number of amides is 1. The minimum absolute atomic E-state index is 0.00558. The third-order valence-electron chi connectivity index (χ3n) is 3.27. The van der Waals surface area contributed by atoms with E-state index in [1.54, 1.807) is 0 Å². The van der Waals surface area contributed by atoms with Crippen LogP contribution in [0.3, 0.4) is 0 Å². The summed E-state index contributed by atoms with van der Waals surface area (Å²) >= 11 is 0. The van der Waals surface area contributed by atoms with Crippen LogP contribution in [-0.4, -0.2) is 29.1 Å². The van der Waals surface area contributed by atoms with E-state index in [9.17, 15) is 9.59 Å². The first-order valence-corrected chi connectivity index (χ1v) is 6.26. The molecule has 1 aliphatic carbocycles. The van der Waals surface area contributed by atoms with Gasteiger partial charge in [-0.25, -0.2) is 0 Å². The molecule has 1 rings (SSSR count). The minimum atomic E-state index is -0.828. The van der Waals surface area contributed by atoms with Crippen molar-refractivity contribution in [3.05, 3.63) is 0 Å². The number of carboxylic acids is 1. The molecular weight excluding hydrogens is 220 g/mol. The van der Waals surface area contributed by atoms with Crippen molar-refractivity contribution in [3.63, 3.8) is 0 Å². The van der Waals surface area contributed by atoms with Crippen molar-refractivity contribution in [2.24, 2.45) is 11.7 Å². The SMILES string of the molecule is CC(CCC(=O)O)NC(=O)C1CCCC(N)C1. The van der Waals surface area contributed by atoms with Crippen LogP contribution in [0.25, 0.3) is 0 Å². The molecule has 5 heteroatoms. The van der Waals surface area contributed by atoms with Crippen molar-refractivity contribution in [3.8, 4) is 0 Å². The van der Waals surface area contributed by atoms with Crippen LogP contribution in [0.5, 0.6) is 0 Å². The first-order chi connectivity index (χ1) is 7.99. The fourth-order valence-corrected chi connectivity index (χ4v) is 2.24. The second kappa shape index (κ2) is 6.59. The van der Waals surface area contributed by atoms with Gasteiger partial charge < -0.3 is 16.2 Å². The van der Waals surface area contributed by atoms with E-state index in [0.29, 0.717) is 6.42 Å². The Hall–Kier alpha value is -1.10. The molecule has 0 aromatic carbocycles. The van der Waals surface area contributed by atoms with Gasteiger partial charge in [0, 0.05) is 24.4 Å². The van der Waals surface area contributed by atoms with Crippen LogP contribution in [0.15, 0.2) is 0 Å². The Morgan fingerprint density at radius 1 is 1.47 bits per heavy atom. The van der Waals surface area contributed by atoms with Crippen molar-refractivity contribution >= 4 is 11.9 Å². The second-order valence-electron chi connectivity index (χ2n) is 4.97. The Kier molecular flexibility index (Phi) is 5.41. The summed E-state index contributed by atoms with van der Waals surface area (Å²) in [6, 6.07) is 0.0468. The highest BCUT2D eigenvalue weighted by atomic mass is 16.4. The fourth-order valence-electron chi connectivity index (χ4n) is 2.24. The van der Waals surface area contributed by atoms with Crippen molar-refractivity contribution < 1.29 is 14.7 Å². The van der Waals surface area contributed by atoms with Crippen LogP contribution in [0, 0.1) is 5.92 Å². The third-order valence-corrected chi connectivity index (χ3v) is 3.27. The highest BCUT2D eigenvalue weighted by molar-refractivity contribution is 5.79. The maximum absolute atomic E-state index is 11.9. The molecule has 5 nitrogen and oxygen atoms in total. The molecule has 0 aromatic rings. The lowest BCUT2D eigenvalue weighted by atomic mass is 9.85. The van der Waals surface area contributed by atoms with Crippen molar-refractivity contribution in [1.82, 2.24) is 5.32 Å². The average Bonchev–Trinajstić information content (AvgIpc) is 2.26. The molecule has 0 bridgehead atoms. The normalized spacial score (nSPS) is 26.2. The number of nitrogens with one attached hydrogen (secondary N) is 1. The smallest absolute Gasteiger partial charge is 0.303 e. The second-order valence-corrected chi connectivity index (χ2v) is 4.97. The van der Waals surface area contributed by atoms with Crippen molar-refractivity contribution in [1.29, 1.82) is 0 Å². The highest BCUT2D eigenvalue weighted by Gasteiger charge is 2.25. The largest absolute Gasteiger partial charge is 0.481 e. The van der Waals surface area contributed by atoms with E-state index in [2.05, 4.69) is 5.32 Å². The van der Waals surface area contributed by atoms with Gasteiger partial charge in [-0.05, 0) is 32.6 Å². The molecule has 1 aliphatic rings. The summed E-state index contributed by atoms with van der Waals surface area (Å²) in [5, 5.41) is 11.4. The molecule has 0 saturated heterocycles. The number of aliphatic carboxylic acids is 1. The summed E-state index contributed by atoms with van der Waals surface area (Å²) < 4.78 is 0. The van der Waals surface area contributed by atoms with Crippen LogP contribution in [0.2, 0.25) is 0 Å².